The number of aromatic nitrogens is 1. The fourth-order valence-electron chi connectivity index (χ4n) is 4.95. The van der Waals surface area contributed by atoms with Crippen molar-refractivity contribution >= 4 is 38.4 Å². The Morgan fingerprint density at radius 3 is 2.35 bits per heavy atom. The molecule has 20 heavy (non-hydrogen) atoms. The highest BCUT2D eigenvalue weighted by Gasteiger charge is 2.51. The molecule has 4 aliphatic carbocycles. The molecule has 4 saturated carbocycles. The van der Waals surface area contributed by atoms with Gasteiger partial charge in [0, 0.05) is 5.54 Å². The predicted octanol–water partition coefficient (Wildman–Crippen LogP) is 4.00. The van der Waals surface area contributed by atoms with Crippen LogP contribution in [-0.4, -0.2) is 16.6 Å². The number of thiazole rings is 1. The van der Waals surface area contributed by atoms with Gasteiger partial charge >= 0.3 is 6.03 Å². The van der Waals surface area contributed by atoms with E-state index in [0.717, 1.165) is 21.5 Å². The molecule has 0 unspecified atom stereocenters. The normalized spacial score (nSPS) is 38.0. The first-order valence-corrected chi connectivity index (χ1v) is 8.92. The Morgan fingerprint density at radius 1 is 1.25 bits per heavy atom. The zero-order valence-corrected chi connectivity index (χ0v) is 13.6. The van der Waals surface area contributed by atoms with Crippen LogP contribution in [0.4, 0.5) is 9.93 Å². The molecule has 1 aromatic rings. The second-order valence-electron chi connectivity index (χ2n) is 6.75. The number of nitrogens with zero attached hydrogens (tertiary/aromatic N) is 1. The Kier molecular flexibility index (Phi) is 3.07. The number of carbonyl (C=O) groups excluding carboxylic acids is 1. The molecule has 6 heteroatoms. The third-order valence-electron chi connectivity index (χ3n) is 5.11. The van der Waals surface area contributed by atoms with E-state index in [9.17, 15) is 4.79 Å². The average molecular weight is 356 g/mol. The first-order chi connectivity index (χ1) is 9.60. The van der Waals surface area contributed by atoms with Crippen LogP contribution < -0.4 is 10.6 Å². The van der Waals surface area contributed by atoms with Crippen LogP contribution in [0, 0.1) is 17.8 Å². The van der Waals surface area contributed by atoms with Gasteiger partial charge in [0.05, 0.1) is 9.98 Å². The van der Waals surface area contributed by atoms with Gasteiger partial charge in [0.1, 0.15) is 0 Å². The van der Waals surface area contributed by atoms with Crippen molar-refractivity contribution in [1.82, 2.24) is 10.3 Å². The van der Waals surface area contributed by atoms with Gasteiger partial charge in [-0.25, -0.2) is 9.78 Å². The number of nitrogens with one attached hydrogen (secondary N) is 2. The maximum absolute atomic E-state index is 12.2. The predicted molar refractivity (Wildman–Crippen MR) is 82.9 cm³/mol. The van der Waals surface area contributed by atoms with E-state index in [1.165, 1.54) is 49.9 Å². The topological polar surface area (TPSA) is 54.0 Å². The van der Waals surface area contributed by atoms with Crippen molar-refractivity contribution in [3.8, 4) is 0 Å². The summed E-state index contributed by atoms with van der Waals surface area (Å²) < 4.78 is 0.933. The fourth-order valence-corrected chi connectivity index (χ4v) is 6.05. The number of hydrogen-bond donors (Lipinski definition) is 2. The molecule has 4 aliphatic rings. The lowest BCUT2D eigenvalue weighted by Gasteiger charge is -2.56. The van der Waals surface area contributed by atoms with Crippen LogP contribution >= 0.6 is 27.3 Å². The van der Waals surface area contributed by atoms with Gasteiger partial charge in [-0.05, 0) is 72.2 Å². The number of anilines is 1. The lowest BCUT2D eigenvalue weighted by molar-refractivity contribution is -0.0127. The number of halogens is 1. The van der Waals surface area contributed by atoms with E-state index in [1.807, 2.05) is 0 Å². The number of urea groups is 1. The van der Waals surface area contributed by atoms with Crippen molar-refractivity contribution in [2.24, 2.45) is 17.8 Å². The van der Waals surface area contributed by atoms with Crippen LogP contribution in [0.5, 0.6) is 0 Å². The number of amides is 2. The molecule has 1 aromatic heterocycles. The molecule has 0 aliphatic heterocycles. The van der Waals surface area contributed by atoms with Gasteiger partial charge < -0.3 is 5.32 Å². The molecule has 4 nitrogen and oxygen atoms in total. The van der Waals surface area contributed by atoms with Crippen molar-refractivity contribution in [1.29, 1.82) is 0 Å². The van der Waals surface area contributed by atoms with E-state index < -0.39 is 0 Å². The molecular formula is C14H18BrN3OS. The number of rotatable bonds is 2. The van der Waals surface area contributed by atoms with Gasteiger partial charge in [0.25, 0.3) is 0 Å². The van der Waals surface area contributed by atoms with Gasteiger partial charge in [0.15, 0.2) is 5.13 Å². The van der Waals surface area contributed by atoms with Gasteiger partial charge in [-0.15, -0.1) is 0 Å². The summed E-state index contributed by atoms with van der Waals surface area (Å²) in [5.41, 5.74) is 0.0628. The van der Waals surface area contributed by atoms with E-state index in [2.05, 4.69) is 31.5 Å². The van der Waals surface area contributed by atoms with Gasteiger partial charge in [-0.3, -0.25) is 5.32 Å². The molecule has 0 aromatic carbocycles. The second kappa shape index (κ2) is 4.70. The molecule has 2 amide bonds. The molecule has 108 valence electrons. The highest BCUT2D eigenvalue weighted by Crippen LogP contribution is 2.55. The van der Waals surface area contributed by atoms with Crippen LogP contribution in [0.3, 0.4) is 0 Å². The monoisotopic (exact) mass is 355 g/mol. The number of hydrogen-bond acceptors (Lipinski definition) is 3. The van der Waals surface area contributed by atoms with E-state index >= 15 is 0 Å². The molecule has 4 fully saturated rings. The minimum absolute atomic E-state index is 0.0628. The minimum atomic E-state index is -0.0891. The van der Waals surface area contributed by atoms with Crippen LogP contribution in [0.2, 0.25) is 0 Å². The Labute approximate surface area is 130 Å². The molecule has 2 N–H and O–H groups in total. The largest absolute Gasteiger partial charge is 0.332 e. The van der Waals surface area contributed by atoms with Crippen molar-refractivity contribution in [2.45, 2.75) is 44.1 Å². The quantitative estimate of drug-likeness (QED) is 0.842. The average Bonchev–Trinajstić information content (AvgIpc) is 2.71. The maximum atomic E-state index is 12.2. The molecule has 4 bridgehead atoms. The standard InChI is InChI=1S/C14H18BrN3OS/c15-11-7-16-13(20-11)17-12(19)18-14-4-8-1-9(5-14)3-10(2-8)6-14/h7-10H,1-6H2,(H2,16,17,18,19). The summed E-state index contributed by atoms with van der Waals surface area (Å²) in [7, 11) is 0. The molecule has 0 radical (unpaired) electrons. The molecule has 5 rings (SSSR count). The van der Waals surface area contributed by atoms with Crippen LogP contribution in [0.15, 0.2) is 9.98 Å². The van der Waals surface area contributed by atoms with Crippen LogP contribution in [-0.2, 0) is 0 Å². The zero-order valence-electron chi connectivity index (χ0n) is 11.2. The maximum Gasteiger partial charge on any atom is 0.321 e. The molecule has 0 saturated heterocycles. The van der Waals surface area contributed by atoms with E-state index in [1.54, 1.807) is 6.20 Å². The Morgan fingerprint density at radius 2 is 1.85 bits per heavy atom. The highest BCUT2D eigenvalue weighted by atomic mass is 79.9. The van der Waals surface area contributed by atoms with Crippen molar-refractivity contribution < 1.29 is 4.79 Å². The smallest absolute Gasteiger partial charge is 0.321 e. The first-order valence-electron chi connectivity index (χ1n) is 7.31. The zero-order chi connectivity index (χ0) is 13.7. The molecule has 0 spiro atoms. The van der Waals surface area contributed by atoms with Crippen LogP contribution in [0.1, 0.15) is 38.5 Å². The number of carbonyl (C=O) groups is 1. The van der Waals surface area contributed by atoms with Crippen LogP contribution in [0.25, 0.3) is 0 Å². The van der Waals surface area contributed by atoms with Gasteiger partial charge in [-0.2, -0.15) is 0 Å². The summed E-state index contributed by atoms with van der Waals surface area (Å²) in [6, 6.07) is -0.0891. The Balaban J connectivity index is 1.44. The molecular weight excluding hydrogens is 338 g/mol. The lowest BCUT2D eigenvalue weighted by atomic mass is 9.53. The van der Waals surface area contributed by atoms with E-state index in [4.69, 9.17) is 0 Å². The Hall–Kier alpha value is -0.620. The minimum Gasteiger partial charge on any atom is -0.332 e. The van der Waals surface area contributed by atoms with Gasteiger partial charge in [0.2, 0.25) is 0 Å². The third kappa shape index (κ3) is 2.37. The Bertz CT molecular complexity index is 509. The van der Waals surface area contributed by atoms with Crippen molar-refractivity contribution in [2.75, 3.05) is 5.32 Å². The third-order valence-corrected chi connectivity index (χ3v) is 6.51. The summed E-state index contributed by atoms with van der Waals surface area (Å²) in [6.07, 6.45) is 9.41. The first kappa shape index (κ1) is 13.1. The summed E-state index contributed by atoms with van der Waals surface area (Å²) in [5, 5.41) is 6.80. The lowest BCUT2D eigenvalue weighted by Crippen LogP contribution is -2.60. The molecule has 1 heterocycles. The fraction of sp³-hybridized carbons (Fsp3) is 0.714. The molecule has 0 atom stereocenters. The highest BCUT2D eigenvalue weighted by molar-refractivity contribution is 9.11. The SMILES string of the molecule is O=C(Nc1ncc(Br)s1)NC12CC3CC(CC(C3)C1)C2. The van der Waals surface area contributed by atoms with Gasteiger partial charge in [-0.1, -0.05) is 11.3 Å². The second-order valence-corrected chi connectivity index (χ2v) is 9.16. The summed E-state index contributed by atoms with van der Waals surface area (Å²) in [5.74, 6) is 2.53. The van der Waals surface area contributed by atoms with Crippen molar-refractivity contribution in [3.05, 3.63) is 9.98 Å². The van der Waals surface area contributed by atoms with Crippen molar-refractivity contribution in [3.63, 3.8) is 0 Å². The summed E-state index contributed by atoms with van der Waals surface area (Å²) in [4.78, 5) is 16.4. The van der Waals surface area contributed by atoms with E-state index in [0.29, 0.717) is 5.13 Å². The summed E-state index contributed by atoms with van der Waals surface area (Å²) in [6.45, 7) is 0. The van der Waals surface area contributed by atoms with E-state index in [-0.39, 0.29) is 11.6 Å². The summed E-state index contributed by atoms with van der Waals surface area (Å²) >= 11 is 4.80.